The van der Waals surface area contributed by atoms with Gasteiger partial charge in [0.1, 0.15) is 0 Å². The van der Waals surface area contributed by atoms with Gasteiger partial charge in [-0.2, -0.15) is 0 Å². The Kier molecular flexibility index (Phi) is 6.14. The lowest BCUT2D eigenvalue weighted by atomic mass is 9.96. The Morgan fingerprint density at radius 3 is 2.58 bits per heavy atom. The highest BCUT2D eigenvalue weighted by molar-refractivity contribution is 5.80. The highest BCUT2D eigenvalue weighted by atomic mass is 19.1. The Balaban J connectivity index is 1.84. The Labute approximate surface area is 141 Å². The molecular formula is C17H24FN3O3. The van der Waals surface area contributed by atoms with Gasteiger partial charge in [-0.1, -0.05) is 6.07 Å². The summed E-state index contributed by atoms with van der Waals surface area (Å²) in [7, 11) is 3.24. The van der Waals surface area contributed by atoms with Crippen LogP contribution in [0.3, 0.4) is 0 Å². The molecule has 1 fully saturated rings. The zero-order valence-corrected chi connectivity index (χ0v) is 14.1. The fourth-order valence-corrected chi connectivity index (χ4v) is 2.92. The molecule has 2 rings (SSSR count). The summed E-state index contributed by atoms with van der Waals surface area (Å²) in [6.45, 7) is 1.81. The van der Waals surface area contributed by atoms with Crippen LogP contribution in [0.25, 0.3) is 0 Å². The third kappa shape index (κ3) is 4.67. The number of nitrogens with two attached hydrogens (primary N) is 1. The van der Waals surface area contributed by atoms with Gasteiger partial charge in [0, 0.05) is 25.6 Å². The van der Waals surface area contributed by atoms with E-state index in [2.05, 4.69) is 0 Å². The van der Waals surface area contributed by atoms with Crippen molar-refractivity contribution in [2.75, 3.05) is 33.8 Å². The van der Waals surface area contributed by atoms with E-state index in [0.29, 0.717) is 32.5 Å². The quantitative estimate of drug-likeness (QED) is 0.840. The maximum absolute atomic E-state index is 13.7. The van der Waals surface area contributed by atoms with Crippen LogP contribution < -0.4 is 10.5 Å². The number of rotatable bonds is 6. The van der Waals surface area contributed by atoms with Crippen molar-refractivity contribution in [3.05, 3.63) is 29.6 Å². The molecule has 0 saturated carbocycles. The third-order valence-corrected chi connectivity index (χ3v) is 4.32. The minimum atomic E-state index is -0.414. The molecule has 1 aromatic rings. The third-order valence-electron chi connectivity index (χ3n) is 4.32. The van der Waals surface area contributed by atoms with E-state index < -0.39 is 5.82 Å². The average Bonchev–Trinajstić information content (AvgIpc) is 2.55. The Morgan fingerprint density at radius 2 is 2.04 bits per heavy atom. The number of hydrogen-bond donors (Lipinski definition) is 1. The first-order chi connectivity index (χ1) is 11.4. The summed E-state index contributed by atoms with van der Waals surface area (Å²) < 4.78 is 18.6. The summed E-state index contributed by atoms with van der Waals surface area (Å²) in [5.74, 6) is -0.623. The molecule has 2 N–H and O–H groups in total. The summed E-state index contributed by atoms with van der Waals surface area (Å²) >= 11 is 0. The maximum atomic E-state index is 13.7. The van der Waals surface area contributed by atoms with Gasteiger partial charge in [0.2, 0.25) is 11.8 Å². The number of methoxy groups -OCH3 is 1. The molecule has 132 valence electrons. The largest absolute Gasteiger partial charge is 0.494 e. The maximum Gasteiger partial charge on any atom is 0.236 e. The Bertz CT molecular complexity index is 601. The van der Waals surface area contributed by atoms with Crippen molar-refractivity contribution in [1.29, 1.82) is 0 Å². The van der Waals surface area contributed by atoms with Crippen molar-refractivity contribution < 1.29 is 18.7 Å². The number of carbonyl (C=O) groups excluding carboxylic acids is 2. The van der Waals surface area contributed by atoms with Gasteiger partial charge < -0.3 is 15.4 Å². The summed E-state index contributed by atoms with van der Waals surface area (Å²) in [6, 6.07) is 4.77. The van der Waals surface area contributed by atoms with Crippen molar-refractivity contribution in [3.8, 4) is 5.75 Å². The van der Waals surface area contributed by atoms with Crippen LogP contribution in [0.2, 0.25) is 0 Å². The number of carbonyl (C=O) groups is 2. The lowest BCUT2D eigenvalue weighted by Gasteiger charge is -2.31. The molecule has 0 unspecified atom stereocenters. The topological polar surface area (TPSA) is 75.9 Å². The van der Waals surface area contributed by atoms with Crippen molar-refractivity contribution in [1.82, 2.24) is 9.80 Å². The zero-order chi connectivity index (χ0) is 17.7. The smallest absolute Gasteiger partial charge is 0.236 e. The Morgan fingerprint density at radius 1 is 1.38 bits per heavy atom. The van der Waals surface area contributed by atoms with Crippen molar-refractivity contribution in [2.24, 2.45) is 11.7 Å². The molecule has 0 spiro atoms. The number of amides is 2. The van der Waals surface area contributed by atoms with Gasteiger partial charge in [-0.3, -0.25) is 14.5 Å². The van der Waals surface area contributed by atoms with Crippen LogP contribution in [0.5, 0.6) is 5.75 Å². The standard InChI is InChI=1S/C17H24FN3O3/c1-20(10-12-3-4-15(24-2)14(18)9-12)11-16(22)21-7-5-13(6-8-21)17(19)23/h3-4,9,13H,5-8,10-11H2,1-2H3,(H2,19,23). The SMILES string of the molecule is COc1ccc(CN(C)CC(=O)N2CCC(C(N)=O)CC2)cc1F. The fourth-order valence-electron chi connectivity index (χ4n) is 2.92. The molecule has 0 radical (unpaired) electrons. The molecule has 1 aromatic carbocycles. The highest BCUT2D eigenvalue weighted by Crippen LogP contribution is 2.19. The fraction of sp³-hybridized carbons (Fsp3) is 0.529. The van der Waals surface area contributed by atoms with E-state index in [9.17, 15) is 14.0 Å². The van der Waals surface area contributed by atoms with Crippen LogP contribution in [0.1, 0.15) is 18.4 Å². The van der Waals surface area contributed by atoms with Gasteiger partial charge in [-0.05, 0) is 37.6 Å². The Hall–Kier alpha value is -2.15. The number of likely N-dealkylation sites (tertiary alicyclic amines) is 1. The van der Waals surface area contributed by atoms with E-state index in [1.54, 1.807) is 17.0 Å². The predicted molar refractivity (Wildman–Crippen MR) is 87.8 cm³/mol. The molecule has 0 aromatic heterocycles. The molecule has 0 aliphatic carbocycles. The van der Waals surface area contributed by atoms with Crippen LogP contribution in [0.4, 0.5) is 4.39 Å². The zero-order valence-electron chi connectivity index (χ0n) is 14.1. The van der Waals surface area contributed by atoms with E-state index in [4.69, 9.17) is 10.5 Å². The van der Waals surface area contributed by atoms with Gasteiger partial charge in [0.05, 0.1) is 13.7 Å². The molecule has 24 heavy (non-hydrogen) atoms. The molecule has 6 nitrogen and oxygen atoms in total. The molecule has 0 atom stereocenters. The second-order valence-electron chi connectivity index (χ2n) is 6.20. The van der Waals surface area contributed by atoms with Crippen molar-refractivity contribution in [3.63, 3.8) is 0 Å². The second kappa shape index (κ2) is 8.10. The summed E-state index contributed by atoms with van der Waals surface area (Å²) in [4.78, 5) is 27.1. The lowest BCUT2D eigenvalue weighted by molar-refractivity contribution is -0.135. The van der Waals surface area contributed by atoms with Gasteiger partial charge in [-0.15, -0.1) is 0 Å². The summed E-state index contributed by atoms with van der Waals surface area (Å²) in [5, 5.41) is 0. The molecular weight excluding hydrogens is 313 g/mol. The number of nitrogens with zero attached hydrogens (tertiary/aromatic N) is 2. The minimum absolute atomic E-state index is 0.00871. The number of likely N-dealkylation sites (N-methyl/N-ethyl adjacent to an activating group) is 1. The van der Waals surface area contributed by atoms with Crippen LogP contribution in [0, 0.1) is 11.7 Å². The molecule has 1 heterocycles. The molecule has 0 bridgehead atoms. The lowest BCUT2D eigenvalue weighted by Crippen LogP contribution is -2.45. The van der Waals surface area contributed by atoms with Crippen LogP contribution >= 0.6 is 0 Å². The number of hydrogen-bond acceptors (Lipinski definition) is 4. The molecule has 1 aliphatic rings. The number of ether oxygens (including phenoxy) is 1. The second-order valence-corrected chi connectivity index (χ2v) is 6.20. The number of primary amides is 1. The van der Waals surface area contributed by atoms with Crippen molar-refractivity contribution in [2.45, 2.75) is 19.4 Å². The number of piperidine rings is 1. The normalized spacial score (nSPS) is 15.6. The minimum Gasteiger partial charge on any atom is -0.494 e. The van der Waals surface area contributed by atoms with Crippen LogP contribution in [0.15, 0.2) is 18.2 Å². The predicted octanol–water partition coefficient (Wildman–Crippen LogP) is 0.990. The highest BCUT2D eigenvalue weighted by Gasteiger charge is 2.26. The van der Waals surface area contributed by atoms with E-state index in [-0.39, 0.29) is 30.0 Å². The molecule has 1 aliphatic heterocycles. The van der Waals surface area contributed by atoms with E-state index >= 15 is 0 Å². The first-order valence-electron chi connectivity index (χ1n) is 7.98. The summed E-state index contributed by atoms with van der Waals surface area (Å²) in [5.41, 5.74) is 6.07. The first-order valence-corrected chi connectivity index (χ1v) is 7.98. The number of halogens is 1. The monoisotopic (exact) mass is 337 g/mol. The molecule has 1 saturated heterocycles. The molecule has 7 heteroatoms. The van der Waals surface area contributed by atoms with Gasteiger partial charge in [0.25, 0.3) is 0 Å². The van der Waals surface area contributed by atoms with E-state index in [1.807, 2.05) is 11.9 Å². The van der Waals surface area contributed by atoms with E-state index in [0.717, 1.165) is 5.56 Å². The van der Waals surface area contributed by atoms with Gasteiger partial charge in [0.15, 0.2) is 11.6 Å². The first kappa shape index (κ1) is 18.2. The van der Waals surface area contributed by atoms with E-state index in [1.165, 1.54) is 13.2 Å². The van der Waals surface area contributed by atoms with Gasteiger partial charge >= 0.3 is 0 Å². The van der Waals surface area contributed by atoms with Gasteiger partial charge in [-0.25, -0.2) is 4.39 Å². The van der Waals surface area contributed by atoms with Crippen molar-refractivity contribution >= 4 is 11.8 Å². The van der Waals surface area contributed by atoms with Crippen LogP contribution in [-0.4, -0.2) is 55.4 Å². The average molecular weight is 337 g/mol. The summed E-state index contributed by atoms with van der Waals surface area (Å²) in [6.07, 6.45) is 1.24. The molecule has 2 amide bonds. The van der Waals surface area contributed by atoms with Crippen LogP contribution in [-0.2, 0) is 16.1 Å². The number of benzene rings is 1.